The highest BCUT2D eigenvalue weighted by atomic mass is 79.9. The third-order valence-electron chi connectivity index (χ3n) is 3.52. The molecule has 26 heavy (non-hydrogen) atoms. The fourth-order valence-electron chi connectivity index (χ4n) is 2.32. The van der Waals surface area contributed by atoms with E-state index in [4.69, 9.17) is 21.7 Å². The minimum atomic E-state index is -0.175. The Labute approximate surface area is 170 Å². The predicted molar refractivity (Wildman–Crippen MR) is 113 cm³/mol. The number of hydrogen-bond acceptors (Lipinski definition) is 5. The summed E-state index contributed by atoms with van der Waals surface area (Å²) in [4.78, 5) is 12.4. The number of carbonyl (C=O) groups excluding carboxylic acids is 1. The lowest BCUT2D eigenvalue weighted by atomic mass is 10.1. The molecule has 0 aliphatic carbocycles. The van der Waals surface area contributed by atoms with E-state index in [2.05, 4.69) is 21.2 Å². The summed E-state index contributed by atoms with van der Waals surface area (Å²) in [6, 6.07) is 13.5. The molecule has 3 rings (SSSR count). The number of halogens is 1. The number of thiocarbonyl (C=S) groups is 1. The Bertz CT molecular complexity index is 866. The van der Waals surface area contributed by atoms with E-state index in [1.807, 2.05) is 49.4 Å². The number of aryl methyl sites for hydroxylation is 1. The molecule has 0 atom stereocenters. The molecule has 1 heterocycles. The first-order chi connectivity index (χ1) is 12.5. The van der Waals surface area contributed by atoms with Gasteiger partial charge in [-0.25, -0.2) is 0 Å². The molecule has 1 fully saturated rings. The van der Waals surface area contributed by atoms with Crippen molar-refractivity contribution in [2.45, 2.75) is 6.92 Å². The second kappa shape index (κ2) is 8.70. The van der Waals surface area contributed by atoms with Crippen LogP contribution in [0.5, 0.6) is 11.5 Å². The van der Waals surface area contributed by atoms with Crippen molar-refractivity contribution in [2.24, 2.45) is 0 Å². The van der Waals surface area contributed by atoms with E-state index in [9.17, 15) is 4.79 Å². The number of benzene rings is 2. The first-order valence-electron chi connectivity index (χ1n) is 7.88. The quantitative estimate of drug-likeness (QED) is 0.393. The number of rotatable bonds is 6. The van der Waals surface area contributed by atoms with Crippen LogP contribution in [0, 0.1) is 6.92 Å². The van der Waals surface area contributed by atoms with Crippen molar-refractivity contribution in [3.05, 3.63) is 63.0 Å². The van der Waals surface area contributed by atoms with Crippen LogP contribution in [-0.2, 0) is 4.79 Å². The summed E-state index contributed by atoms with van der Waals surface area (Å²) >= 11 is 9.68. The van der Waals surface area contributed by atoms with Crippen LogP contribution in [0.25, 0.3) is 6.08 Å². The van der Waals surface area contributed by atoms with Gasteiger partial charge in [-0.05, 0) is 49.4 Å². The zero-order chi connectivity index (χ0) is 18.5. The second-order valence-corrected chi connectivity index (χ2v) is 8.18. The predicted octanol–water partition coefficient (Wildman–Crippen LogP) is 4.70. The van der Waals surface area contributed by atoms with Gasteiger partial charge in [-0.2, -0.15) is 0 Å². The molecule has 1 aliphatic rings. The fraction of sp³-hybridized carbons (Fsp3) is 0.158. The van der Waals surface area contributed by atoms with Crippen LogP contribution in [0.2, 0.25) is 0 Å². The van der Waals surface area contributed by atoms with E-state index in [-0.39, 0.29) is 5.91 Å². The Morgan fingerprint density at radius 2 is 1.88 bits per heavy atom. The largest absolute Gasteiger partial charge is 0.490 e. The molecule has 4 nitrogen and oxygen atoms in total. The molecule has 0 unspecified atom stereocenters. The highest BCUT2D eigenvalue weighted by Crippen LogP contribution is 2.30. The highest BCUT2D eigenvalue weighted by molar-refractivity contribution is 9.10. The molecular formula is C19H16BrNO3S2. The fourth-order valence-corrected chi connectivity index (χ4v) is 3.62. The summed E-state index contributed by atoms with van der Waals surface area (Å²) in [6.07, 6.45) is 1.80. The highest BCUT2D eigenvalue weighted by Gasteiger charge is 2.22. The molecule has 2 aromatic rings. The molecule has 0 aromatic heterocycles. The van der Waals surface area contributed by atoms with Crippen molar-refractivity contribution in [1.82, 2.24) is 5.32 Å². The van der Waals surface area contributed by atoms with E-state index >= 15 is 0 Å². The normalized spacial score (nSPS) is 15.2. The molecule has 0 saturated carbocycles. The first kappa shape index (κ1) is 18.9. The number of ether oxygens (including phenoxy) is 2. The summed E-state index contributed by atoms with van der Waals surface area (Å²) < 4.78 is 13.0. The van der Waals surface area contributed by atoms with Crippen molar-refractivity contribution in [2.75, 3.05) is 13.2 Å². The monoisotopic (exact) mass is 449 g/mol. The van der Waals surface area contributed by atoms with Crippen molar-refractivity contribution in [3.8, 4) is 11.5 Å². The molecule has 1 saturated heterocycles. The lowest BCUT2D eigenvalue weighted by Gasteiger charge is -2.11. The van der Waals surface area contributed by atoms with Crippen molar-refractivity contribution < 1.29 is 14.3 Å². The summed E-state index contributed by atoms with van der Waals surface area (Å²) in [5, 5.41) is 2.62. The zero-order valence-corrected chi connectivity index (χ0v) is 17.2. The number of nitrogens with one attached hydrogen (secondary N) is 1. The summed E-state index contributed by atoms with van der Waals surface area (Å²) in [7, 11) is 0. The first-order valence-corrected chi connectivity index (χ1v) is 9.90. The smallest absolute Gasteiger partial charge is 0.263 e. The van der Waals surface area contributed by atoms with Crippen LogP contribution in [-0.4, -0.2) is 23.4 Å². The third kappa shape index (κ3) is 5.09. The van der Waals surface area contributed by atoms with Gasteiger partial charge in [0.2, 0.25) is 0 Å². The Kier molecular flexibility index (Phi) is 6.34. The number of carbonyl (C=O) groups is 1. The molecule has 1 N–H and O–H groups in total. The Hall–Kier alpha value is -1.83. The molecule has 1 amide bonds. The minimum Gasteiger partial charge on any atom is -0.490 e. The van der Waals surface area contributed by atoms with Gasteiger partial charge in [0.15, 0.2) is 0 Å². The molecule has 0 radical (unpaired) electrons. The van der Waals surface area contributed by atoms with Gasteiger partial charge in [-0.3, -0.25) is 4.79 Å². The van der Waals surface area contributed by atoms with Gasteiger partial charge in [0, 0.05) is 10.0 Å². The van der Waals surface area contributed by atoms with Gasteiger partial charge >= 0.3 is 0 Å². The molecule has 7 heteroatoms. The van der Waals surface area contributed by atoms with Crippen LogP contribution < -0.4 is 14.8 Å². The molecule has 2 aromatic carbocycles. The standard InChI is InChI=1S/C19H16BrNO3S2/c1-12-2-7-16(13(10-12)11-17-18(22)21-19(25)26-17)24-9-8-23-15-5-3-14(20)4-6-15/h2-7,10-11H,8-9H2,1H3,(H,21,22,25)/b17-11-. The van der Waals surface area contributed by atoms with E-state index < -0.39 is 0 Å². The molecule has 0 bridgehead atoms. The van der Waals surface area contributed by atoms with E-state index in [0.717, 1.165) is 21.3 Å². The van der Waals surface area contributed by atoms with Crippen molar-refractivity contribution in [3.63, 3.8) is 0 Å². The van der Waals surface area contributed by atoms with Gasteiger partial charge < -0.3 is 14.8 Å². The molecular weight excluding hydrogens is 434 g/mol. The summed E-state index contributed by atoms with van der Waals surface area (Å²) in [6.45, 7) is 2.81. The van der Waals surface area contributed by atoms with Gasteiger partial charge in [0.05, 0.1) is 4.91 Å². The van der Waals surface area contributed by atoms with E-state index in [1.54, 1.807) is 6.08 Å². The molecule has 1 aliphatic heterocycles. The third-order valence-corrected chi connectivity index (χ3v) is 5.21. The van der Waals surface area contributed by atoms with Gasteiger partial charge in [0.25, 0.3) is 5.91 Å². The average Bonchev–Trinajstić information content (AvgIpc) is 2.92. The summed E-state index contributed by atoms with van der Waals surface area (Å²) in [5.74, 6) is 1.32. The van der Waals surface area contributed by atoms with Crippen LogP contribution in [0.4, 0.5) is 0 Å². The average molecular weight is 450 g/mol. The number of hydrogen-bond donors (Lipinski definition) is 1. The summed E-state index contributed by atoms with van der Waals surface area (Å²) in [5.41, 5.74) is 1.93. The lowest BCUT2D eigenvalue weighted by Crippen LogP contribution is -2.17. The molecule has 134 valence electrons. The maximum Gasteiger partial charge on any atom is 0.263 e. The number of thioether (sulfide) groups is 1. The van der Waals surface area contributed by atoms with E-state index in [1.165, 1.54) is 11.8 Å². The van der Waals surface area contributed by atoms with Gasteiger partial charge in [0.1, 0.15) is 29.0 Å². The van der Waals surface area contributed by atoms with E-state index in [0.29, 0.717) is 28.2 Å². The van der Waals surface area contributed by atoms with Crippen molar-refractivity contribution >= 4 is 56.2 Å². The van der Waals surface area contributed by atoms with Crippen LogP contribution >= 0.6 is 39.9 Å². The maximum atomic E-state index is 11.9. The van der Waals surface area contributed by atoms with Gasteiger partial charge in [-0.1, -0.05) is 51.5 Å². The minimum absolute atomic E-state index is 0.175. The SMILES string of the molecule is Cc1ccc(OCCOc2ccc(Br)cc2)c(/C=C2\SC(=S)NC2=O)c1. The lowest BCUT2D eigenvalue weighted by molar-refractivity contribution is -0.115. The van der Waals surface area contributed by atoms with Crippen LogP contribution in [0.1, 0.15) is 11.1 Å². The zero-order valence-electron chi connectivity index (χ0n) is 14.0. The topological polar surface area (TPSA) is 47.6 Å². The Morgan fingerprint density at radius 3 is 2.58 bits per heavy atom. The van der Waals surface area contributed by atoms with Crippen molar-refractivity contribution in [1.29, 1.82) is 0 Å². The maximum absolute atomic E-state index is 11.9. The number of amides is 1. The molecule has 0 spiro atoms. The van der Waals surface area contributed by atoms with Crippen LogP contribution in [0.15, 0.2) is 51.8 Å². The Balaban J connectivity index is 1.64. The second-order valence-electron chi connectivity index (χ2n) is 5.54. The van der Waals surface area contributed by atoms with Crippen LogP contribution in [0.3, 0.4) is 0 Å². The van der Waals surface area contributed by atoms with Gasteiger partial charge in [-0.15, -0.1) is 0 Å². The Morgan fingerprint density at radius 1 is 1.15 bits per heavy atom.